The number of carbonyl (C=O) groups is 1. The van der Waals surface area contributed by atoms with Gasteiger partial charge in [-0.1, -0.05) is 0 Å². The molecule has 0 aromatic heterocycles. The summed E-state index contributed by atoms with van der Waals surface area (Å²) in [6.07, 6.45) is 0. The van der Waals surface area contributed by atoms with Gasteiger partial charge in [-0.2, -0.15) is 0 Å². The van der Waals surface area contributed by atoms with Crippen LogP contribution in [0.4, 0.5) is 0 Å². The summed E-state index contributed by atoms with van der Waals surface area (Å²) in [6, 6.07) is 9.28. The first-order chi connectivity index (χ1) is 5.34. The van der Waals surface area contributed by atoms with E-state index in [0.29, 0.717) is 43.3 Å². The SMILES string of the molecule is O=C(N[CH2][SrH])c1ccccc1. The molecule has 0 atom stereocenters. The number of benzene rings is 1. The average molecular weight is 223 g/mol. The van der Waals surface area contributed by atoms with Crippen LogP contribution < -0.4 is 5.32 Å². The van der Waals surface area contributed by atoms with E-state index in [2.05, 4.69) is 5.32 Å². The van der Waals surface area contributed by atoms with Gasteiger partial charge >= 0.3 is 96.7 Å². The van der Waals surface area contributed by atoms with Crippen molar-refractivity contribution in [3.05, 3.63) is 35.9 Å². The zero-order chi connectivity index (χ0) is 8.10. The molecule has 0 fully saturated rings. The van der Waals surface area contributed by atoms with Gasteiger partial charge in [-0.15, -0.1) is 0 Å². The fraction of sp³-hybridized carbons (Fsp3) is 0.125. The molecule has 2 nitrogen and oxygen atoms in total. The van der Waals surface area contributed by atoms with Crippen molar-refractivity contribution in [2.75, 3.05) is 1.52 Å². The molecule has 0 saturated carbocycles. The third-order valence-electron chi connectivity index (χ3n) is 1.37. The summed E-state index contributed by atoms with van der Waals surface area (Å²) in [4.78, 5) is 11.2. The molecule has 0 spiro atoms. The van der Waals surface area contributed by atoms with Crippen molar-refractivity contribution in [1.29, 1.82) is 0 Å². The van der Waals surface area contributed by atoms with Crippen LogP contribution in [-0.4, -0.2) is 50.7 Å². The molecule has 0 saturated heterocycles. The zero-order valence-electron chi connectivity index (χ0n) is 6.50. The number of nitrogens with one attached hydrogen (secondary N) is 1. The van der Waals surface area contributed by atoms with Crippen LogP contribution in [-0.2, 0) is 0 Å². The number of hydrogen-bond acceptors (Lipinski definition) is 1. The van der Waals surface area contributed by atoms with Crippen LogP contribution in [0, 0.1) is 0 Å². The summed E-state index contributed by atoms with van der Waals surface area (Å²) in [5, 5.41) is 2.82. The van der Waals surface area contributed by atoms with Crippen molar-refractivity contribution in [3.63, 3.8) is 0 Å². The molecule has 3 heteroatoms. The van der Waals surface area contributed by atoms with E-state index in [1.165, 1.54) is 0 Å². The molecule has 0 bridgehead atoms. The minimum atomic E-state index is 0.0461. The van der Waals surface area contributed by atoms with Crippen molar-refractivity contribution in [2.45, 2.75) is 0 Å². The molecule has 1 N–H and O–H groups in total. The molecule has 0 radical (unpaired) electrons. The van der Waals surface area contributed by atoms with Crippen molar-refractivity contribution in [1.82, 2.24) is 5.32 Å². The summed E-state index contributed by atoms with van der Waals surface area (Å²) >= 11 is 0.547. The maximum absolute atomic E-state index is 11.2. The summed E-state index contributed by atoms with van der Waals surface area (Å²) in [5.74, 6) is 0.0461. The van der Waals surface area contributed by atoms with E-state index in [-0.39, 0.29) is 5.91 Å². The van der Waals surface area contributed by atoms with E-state index in [1.807, 2.05) is 30.3 Å². The molecule has 1 aromatic carbocycles. The van der Waals surface area contributed by atoms with Gasteiger partial charge in [0, 0.05) is 0 Å². The van der Waals surface area contributed by atoms with Gasteiger partial charge in [0.05, 0.1) is 0 Å². The molecular weight excluding hydrogens is 214 g/mol. The Hall–Kier alpha value is 0.171. The fourth-order valence-electron chi connectivity index (χ4n) is 0.852. The van der Waals surface area contributed by atoms with Crippen LogP contribution in [0.25, 0.3) is 0 Å². The normalized spacial score (nSPS) is 9.00. The Morgan fingerprint density at radius 1 is 1.36 bits per heavy atom. The van der Waals surface area contributed by atoms with Crippen LogP contribution in [0.15, 0.2) is 30.3 Å². The van der Waals surface area contributed by atoms with E-state index in [4.69, 9.17) is 0 Å². The Kier molecular flexibility index (Phi) is 4.15. The summed E-state index contributed by atoms with van der Waals surface area (Å²) in [5.41, 5.74) is 0.751. The second kappa shape index (κ2) is 4.93. The second-order valence-electron chi connectivity index (χ2n) is 2.23. The van der Waals surface area contributed by atoms with Gasteiger partial charge in [-0.3, -0.25) is 0 Å². The third-order valence-corrected chi connectivity index (χ3v) is 2.24. The van der Waals surface area contributed by atoms with Crippen LogP contribution in [0.5, 0.6) is 0 Å². The van der Waals surface area contributed by atoms with Gasteiger partial charge in [-0.05, 0) is 0 Å². The minimum absolute atomic E-state index is 0.0461. The Bertz CT molecular complexity index is 235. The van der Waals surface area contributed by atoms with Crippen LogP contribution in [0.3, 0.4) is 0 Å². The number of rotatable bonds is 2. The van der Waals surface area contributed by atoms with Gasteiger partial charge in [0.1, 0.15) is 0 Å². The van der Waals surface area contributed by atoms with Gasteiger partial charge < -0.3 is 0 Å². The first-order valence-corrected chi connectivity index (χ1v) is 7.15. The average Bonchev–Trinajstić information content (AvgIpc) is 2.07. The number of hydrogen-bond donors (Lipinski definition) is 1. The van der Waals surface area contributed by atoms with Gasteiger partial charge in [0.25, 0.3) is 0 Å². The van der Waals surface area contributed by atoms with E-state index in [0.717, 1.165) is 7.08 Å². The Balaban J connectivity index is 2.69. The molecule has 0 aliphatic carbocycles. The summed E-state index contributed by atoms with van der Waals surface area (Å²) in [7, 11) is 0. The van der Waals surface area contributed by atoms with Crippen LogP contribution >= 0.6 is 0 Å². The van der Waals surface area contributed by atoms with Crippen molar-refractivity contribution in [2.24, 2.45) is 0 Å². The van der Waals surface area contributed by atoms with Gasteiger partial charge in [0.15, 0.2) is 0 Å². The molecule has 0 aliphatic heterocycles. The molecular formula is C8H9NOSr. The Morgan fingerprint density at radius 2 is 2.00 bits per heavy atom. The van der Waals surface area contributed by atoms with E-state index >= 15 is 0 Å². The fourth-order valence-corrected chi connectivity index (χ4v) is 1.64. The van der Waals surface area contributed by atoms with Crippen molar-refractivity contribution >= 4 is 49.2 Å². The summed E-state index contributed by atoms with van der Waals surface area (Å²) in [6.45, 7) is 0. The summed E-state index contributed by atoms with van der Waals surface area (Å²) < 4.78 is 0.884. The van der Waals surface area contributed by atoms with E-state index < -0.39 is 0 Å². The first-order valence-electron chi connectivity index (χ1n) is 3.68. The molecule has 1 amide bonds. The van der Waals surface area contributed by atoms with Gasteiger partial charge in [0.2, 0.25) is 0 Å². The number of carbonyl (C=O) groups excluding carboxylic acids is 1. The molecule has 1 aromatic rings. The van der Waals surface area contributed by atoms with E-state index in [9.17, 15) is 4.79 Å². The van der Waals surface area contributed by atoms with Crippen molar-refractivity contribution in [3.8, 4) is 0 Å². The Morgan fingerprint density at radius 3 is 2.55 bits per heavy atom. The zero-order valence-corrected chi connectivity index (χ0v) is 11.4. The third kappa shape index (κ3) is 2.95. The molecule has 11 heavy (non-hydrogen) atoms. The molecule has 0 aliphatic rings. The number of amides is 1. The quantitative estimate of drug-likeness (QED) is 0.716. The molecule has 0 unspecified atom stereocenters. The standard InChI is InChI=1S/C8H8NO.Sr.H/c1-9-8(10)7-5-3-2-4-6-7;;/h2-6H,1H2,(H,9,10);;. The predicted octanol–water partition coefficient (Wildman–Crippen LogP) is 0.275. The van der Waals surface area contributed by atoms with Gasteiger partial charge in [-0.25, -0.2) is 0 Å². The maximum atomic E-state index is 11.2. The predicted molar refractivity (Wildman–Crippen MR) is 45.9 cm³/mol. The van der Waals surface area contributed by atoms with Crippen LogP contribution in [0.2, 0.25) is 0 Å². The molecule has 1 rings (SSSR count). The Labute approximate surface area is 95.5 Å². The first kappa shape index (κ1) is 9.26. The molecule has 54 valence electrons. The second-order valence-corrected chi connectivity index (χ2v) is 3.96. The van der Waals surface area contributed by atoms with E-state index in [1.54, 1.807) is 0 Å². The monoisotopic (exact) mass is 223 g/mol. The van der Waals surface area contributed by atoms with Crippen molar-refractivity contribution < 1.29 is 4.79 Å². The van der Waals surface area contributed by atoms with Crippen LogP contribution in [0.1, 0.15) is 10.4 Å². The molecule has 0 heterocycles. The topological polar surface area (TPSA) is 29.1 Å².